The van der Waals surface area contributed by atoms with Crippen LogP contribution in [0.4, 0.5) is 0 Å². The molecule has 5 nitrogen and oxygen atoms in total. The predicted molar refractivity (Wildman–Crippen MR) is 48.4 cm³/mol. The summed E-state index contributed by atoms with van der Waals surface area (Å²) in [6.45, 7) is 1.10. The van der Waals surface area contributed by atoms with Crippen LogP contribution in [-0.2, 0) is 14.3 Å². The van der Waals surface area contributed by atoms with Crippen LogP contribution in [0.3, 0.4) is 0 Å². The fourth-order valence-corrected chi connectivity index (χ4v) is 0.830. The highest BCUT2D eigenvalue weighted by Crippen LogP contribution is 1.99. The third kappa shape index (κ3) is 5.06. The van der Waals surface area contributed by atoms with Gasteiger partial charge in [0, 0.05) is 6.42 Å². The Hall–Kier alpha value is -0.780. The molecule has 14 heavy (non-hydrogen) atoms. The molecule has 1 radical (unpaired) electrons. The van der Waals surface area contributed by atoms with Gasteiger partial charge < -0.3 is 14.9 Å². The number of aliphatic hydroxyl groups excluding tert-OH is 2. The van der Waals surface area contributed by atoms with Gasteiger partial charge in [0.1, 0.15) is 6.10 Å². The predicted octanol–water partition coefficient (Wildman–Crippen LogP) is -0.796. The van der Waals surface area contributed by atoms with E-state index in [1.165, 1.54) is 6.29 Å². The minimum Gasteiger partial charge on any atom is -0.394 e. The van der Waals surface area contributed by atoms with E-state index in [0.717, 1.165) is 0 Å². The summed E-state index contributed by atoms with van der Waals surface area (Å²) in [6, 6.07) is 0. The van der Waals surface area contributed by atoms with Gasteiger partial charge in [-0.25, -0.2) is 0 Å². The first-order valence-electron chi connectivity index (χ1n) is 4.46. The van der Waals surface area contributed by atoms with E-state index in [-0.39, 0.29) is 18.8 Å². The third-order valence-corrected chi connectivity index (χ3v) is 1.56. The van der Waals surface area contributed by atoms with Crippen molar-refractivity contribution in [3.63, 3.8) is 0 Å². The topological polar surface area (TPSA) is 83.8 Å². The molecule has 2 N–H and O–H groups in total. The average Bonchev–Trinajstić information content (AvgIpc) is 2.18. The van der Waals surface area contributed by atoms with Gasteiger partial charge in [-0.15, -0.1) is 0 Å². The molecule has 0 fully saturated rings. The van der Waals surface area contributed by atoms with Crippen LogP contribution in [0.5, 0.6) is 0 Å². The molecule has 0 aromatic heterocycles. The lowest BCUT2D eigenvalue weighted by Gasteiger charge is -2.12. The van der Waals surface area contributed by atoms with Crippen molar-refractivity contribution >= 4 is 12.1 Å². The largest absolute Gasteiger partial charge is 0.394 e. The van der Waals surface area contributed by atoms with Crippen LogP contribution in [0.25, 0.3) is 0 Å². The second-order valence-electron chi connectivity index (χ2n) is 2.88. The number of carbonyl (C=O) groups excluding carboxylic acids is 2. The second-order valence-corrected chi connectivity index (χ2v) is 2.88. The summed E-state index contributed by atoms with van der Waals surface area (Å²) in [6.07, 6.45) is 0.0158. The molecule has 0 amide bonds. The van der Waals surface area contributed by atoms with Gasteiger partial charge in [0.2, 0.25) is 6.29 Å². The molecule has 0 saturated heterocycles. The molecule has 0 bridgehead atoms. The van der Waals surface area contributed by atoms with E-state index in [0.29, 0.717) is 6.42 Å². The number of ketones is 1. The van der Waals surface area contributed by atoms with Crippen molar-refractivity contribution in [1.29, 1.82) is 0 Å². The summed E-state index contributed by atoms with van der Waals surface area (Å²) in [4.78, 5) is 21.5. The minimum atomic E-state index is -1.24. The Morgan fingerprint density at radius 1 is 1.57 bits per heavy atom. The standard InChI is InChI=1S/C9H15O5/c1-2-3-8(13)9(5-11)14-6-7(12)4-10/h7,9-10,12H,2-4,6H2,1H3. The zero-order valence-corrected chi connectivity index (χ0v) is 8.10. The number of hydrogen-bond donors (Lipinski definition) is 2. The van der Waals surface area contributed by atoms with Crippen molar-refractivity contribution in [3.8, 4) is 0 Å². The molecular formula is C9H15O5. The van der Waals surface area contributed by atoms with Gasteiger partial charge >= 0.3 is 0 Å². The highest BCUT2D eigenvalue weighted by molar-refractivity contribution is 5.96. The zero-order valence-electron chi connectivity index (χ0n) is 8.10. The van der Waals surface area contributed by atoms with Crippen LogP contribution in [-0.4, -0.2) is 47.7 Å². The Morgan fingerprint density at radius 2 is 2.21 bits per heavy atom. The molecule has 0 aromatic rings. The summed E-state index contributed by atoms with van der Waals surface area (Å²) in [5.74, 6) is -0.354. The van der Waals surface area contributed by atoms with E-state index in [1.807, 2.05) is 6.92 Å². The number of ether oxygens (including phenoxy) is 1. The normalized spacial score (nSPS) is 14.8. The maximum Gasteiger partial charge on any atom is 0.237 e. The number of aliphatic hydroxyl groups is 2. The number of rotatable bonds is 8. The quantitative estimate of drug-likeness (QED) is 0.505. The average molecular weight is 203 g/mol. The summed E-state index contributed by atoms with van der Waals surface area (Å²) >= 11 is 0. The van der Waals surface area contributed by atoms with Crippen molar-refractivity contribution in [2.24, 2.45) is 0 Å². The monoisotopic (exact) mass is 203 g/mol. The van der Waals surface area contributed by atoms with Gasteiger partial charge in [0.05, 0.1) is 13.2 Å². The molecule has 2 unspecified atom stereocenters. The van der Waals surface area contributed by atoms with Crippen LogP contribution in [0, 0.1) is 0 Å². The molecule has 81 valence electrons. The lowest BCUT2D eigenvalue weighted by Crippen LogP contribution is -2.30. The third-order valence-electron chi connectivity index (χ3n) is 1.56. The van der Waals surface area contributed by atoms with Crippen LogP contribution < -0.4 is 0 Å². The van der Waals surface area contributed by atoms with Gasteiger partial charge in [-0.3, -0.25) is 9.59 Å². The highest BCUT2D eigenvalue weighted by atomic mass is 16.5. The van der Waals surface area contributed by atoms with Gasteiger partial charge in [0.25, 0.3) is 0 Å². The Labute approximate surface area is 82.7 Å². The molecule has 0 heterocycles. The van der Waals surface area contributed by atoms with Crippen molar-refractivity contribution < 1.29 is 24.5 Å². The van der Waals surface area contributed by atoms with E-state index in [2.05, 4.69) is 0 Å². The fourth-order valence-electron chi connectivity index (χ4n) is 0.830. The summed E-state index contributed by atoms with van der Waals surface area (Å²) in [7, 11) is 0. The van der Waals surface area contributed by atoms with E-state index in [4.69, 9.17) is 14.9 Å². The Morgan fingerprint density at radius 3 is 2.64 bits per heavy atom. The smallest absolute Gasteiger partial charge is 0.237 e. The van der Waals surface area contributed by atoms with Gasteiger partial charge in [0.15, 0.2) is 11.9 Å². The van der Waals surface area contributed by atoms with E-state index >= 15 is 0 Å². The first kappa shape index (κ1) is 13.2. The summed E-state index contributed by atoms with van der Waals surface area (Å²) in [5.41, 5.74) is 0. The number of hydrogen-bond acceptors (Lipinski definition) is 5. The summed E-state index contributed by atoms with van der Waals surface area (Å²) < 4.78 is 4.78. The first-order valence-corrected chi connectivity index (χ1v) is 4.46. The fraction of sp³-hybridized carbons (Fsp3) is 0.778. The van der Waals surface area contributed by atoms with Crippen molar-refractivity contribution in [2.45, 2.75) is 32.0 Å². The molecule has 0 aromatic carbocycles. The highest BCUT2D eigenvalue weighted by Gasteiger charge is 2.19. The molecule has 5 heteroatoms. The zero-order chi connectivity index (χ0) is 11.0. The van der Waals surface area contributed by atoms with Crippen LogP contribution in [0.2, 0.25) is 0 Å². The van der Waals surface area contributed by atoms with E-state index in [9.17, 15) is 9.59 Å². The van der Waals surface area contributed by atoms with Crippen LogP contribution >= 0.6 is 0 Å². The first-order chi connectivity index (χ1) is 6.65. The van der Waals surface area contributed by atoms with Crippen molar-refractivity contribution in [2.75, 3.05) is 13.2 Å². The van der Waals surface area contributed by atoms with Crippen molar-refractivity contribution in [1.82, 2.24) is 0 Å². The lowest BCUT2D eigenvalue weighted by molar-refractivity contribution is -0.128. The number of carbonyl (C=O) groups is 1. The van der Waals surface area contributed by atoms with Gasteiger partial charge in [-0.1, -0.05) is 6.92 Å². The van der Waals surface area contributed by atoms with Crippen LogP contribution in [0.15, 0.2) is 0 Å². The maximum atomic E-state index is 11.1. The lowest BCUT2D eigenvalue weighted by atomic mass is 10.1. The molecular weight excluding hydrogens is 188 g/mol. The number of Topliss-reactive ketones (excluding diaryl/α,β-unsaturated/α-hetero) is 1. The van der Waals surface area contributed by atoms with E-state index in [1.54, 1.807) is 0 Å². The molecule has 0 aliphatic carbocycles. The Bertz CT molecular complexity index is 180. The molecule has 0 spiro atoms. The minimum absolute atomic E-state index is 0.244. The molecule has 0 aliphatic rings. The van der Waals surface area contributed by atoms with E-state index < -0.39 is 18.8 Å². The molecule has 0 aliphatic heterocycles. The van der Waals surface area contributed by atoms with Crippen LogP contribution in [0.1, 0.15) is 19.8 Å². The molecule has 0 saturated carbocycles. The molecule has 2 atom stereocenters. The molecule has 0 rings (SSSR count). The Kier molecular flexibility index (Phi) is 7.18. The van der Waals surface area contributed by atoms with Crippen molar-refractivity contribution in [3.05, 3.63) is 0 Å². The summed E-state index contributed by atoms with van der Waals surface area (Å²) in [5, 5.41) is 17.3. The van der Waals surface area contributed by atoms with Gasteiger partial charge in [-0.05, 0) is 6.42 Å². The second kappa shape index (κ2) is 7.61. The SMILES string of the molecule is CCCC(=O)C([C]=O)OCC(O)CO. The maximum absolute atomic E-state index is 11.1. The Balaban J connectivity index is 3.90. The van der Waals surface area contributed by atoms with Gasteiger partial charge in [-0.2, -0.15) is 0 Å².